The van der Waals surface area contributed by atoms with Crippen LogP contribution < -0.4 is 5.32 Å². The van der Waals surface area contributed by atoms with Crippen LogP contribution in [-0.2, 0) is 22.0 Å². The van der Waals surface area contributed by atoms with Crippen LogP contribution >= 0.6 is 0 Å². The van der Waals surface area contributed by atoms with Gasteiger partial charge in [-0.3, -0.25) is 9.59 Å². The second-order valence-electron chi connectivity index (χ2n) is 9.11. The highest BCUT2D eigenvalue weighted by molar-refractivity contribution is 5.93. The van der Waals surface area contributed by atoms with Crippen molar-refractivity contribution >= 4 is 11.9 Å². The number of rotatable bonds is 5. The Morgan fingerprint density at radius 1 is 1.07 bits per heavy atom. The zero-order chi connectivity index (χ0) is 20.7. The van der Waals surface area contributed by atoms with Gasteiger partial charge < -0.3 is 14.8 Å². The summed E-state index contributed by atoms with van der Waals surface area (Å²) >= 11 is 0. The van der Waals surface area contributed by atoms with Gasteiger partial charge in [-0.25, -0.2) is 0 Å². The number of carbonyl (C=O) groups is 2. The van der Waals surface area contributed by atoms with E-state index in [0.717, 1.165) is 6.42 Å². The minimum absolute atomic E-state index is 0.133. The van der Waals surface area contributed by atoms with Crippen LogP contribution in [0.3, 0.4) is 0 Å². The molecule has 0 saturated carbocycles. The van der Waals surface area contributed by atoms with Gasteiger partial charge in [-0.15, -0.1) is 0 Å². The van der Waals surface area contributed by atoms with Gasteiger partial charge in [0.2, 0.25) is 0 Å². The maximum Gasteiger partial charge on any atom is 0.322 e. The number of carbonyl (C=O) groups excluding carboxylic acids is 1. The van der Waals surface area contributed by atoms with Crippen LogP contribution in [-0.4, -0.2) is 23.5 Å². The number of benzene rings is 1. The van der Waals surface area contributed by atoms with Crippen molar-refractivity contribution in [2.75, 3.05) is 6.54 Å². The Kier molecular flexibility index (Phi) is 5.13. The number of furan rings is 1. The van der Waals surface area contributed by atoms with Crippen LogP contribution in [0.1, 0.15) is 79.1 Å². The number of amides is 1. The van der Waals surface area contributed by atoms with Crippen LogP contribution in [0.5, 0.6) is 0 Å². The monoisotopic (exact) mass is 383 g/mol. The quantitative estimate of drug-likeness (QED) is 0.805. The van der Waals surface area contributed by atoms with E-state index in [4.69, 9.17) is 9.52 Å². The lowest BCUT2D eigenvalue weighted by Crippen LogP contribution is -2.34. The summed E-state index contributed by atoms with van der Waals surface area (Å²) in [4.78, 5) is 22.6. The third-order valence-electron chi connectivity index (χ3n) is 5.96. The molecule has 5 nitrogen and oxygen atoms in total. The van der Waals surface area contributed by atoms with E-state index in [0.29, 0.717) is 12.2 Å². The maximum atomic E-state index is 12.0. The van der Waals surface area contributed by atoms with E-state index in [9.17, 15) is 9.59 Å². The van der Waals surface area contributed by atoms with Gasteiger partial charge in [0, 0.05) is 6.42 Å². The van der Waals surface area contributed by atoms with Gasteiger partial charge in [-0.05, 0) is 65.0 Å². The lowest BCUT2D eigenvalue weighted by Gasteiger charge is -2.42. The van der Waals surface area contributed by atoms with Crippen molar-refractivity contribution in [1.29, 1.82) is 0 Å². The first-order chi connectivity index (χ1) is 13.0. The molecule has 1 aromatic carbocycles. The molecule has 3 rings (SSSR count). The number of carboxylic acid groups (broad SMARTS) is 1. The molecule has 0 saturated heterocycles. The fraction of sp³-hybridized carbons (Fsp3) is 0.478. The molecule has 0 aliphatic heterocycles. The normalized spacial score (nSPS) is 17.0. The molecule has 1 heterocycles. The zero-order valence-electron chi connectivity index (χ0n) is 17.3. The molecular formula is C23H29NO4. The average Bonchev–Trinajstić information content (AvgIpc) is 3.07. The van der Waals surface area contributed by atoms with Crippen molar-refractivity contribution in [3.05, 3.63) is 58.0 Å². The van der Waals surface area contributed by atoms with Crippen LogP contribution in [0.25, 0.3) is 0 Å². The van der Waals surface area contributed by atoms with Gasteiger partial charge in [0.1, 0.15) is 12.3 Å². The first-order valence-corrected chi connectivity index (χ1v) is 9.73. The van der Waals surface area contributed by atoms with Crippen molar-refractivity contribution in [1.82, 2.24) is 5.32 Å². The van der Waals surface area contributed by atoms with Crippen molar-refractivity contribution in [2.45, 2.75) is 64.7 Å². The molecular weight excluding hydrogens is 354 g/mol. The van der Waals surface area contributed by atoms with Gasteiger partial charge in [0.15, 0.2) is 5.76 Å². The third-order valence-corrected chi connectivity index (χ3v) is 5.96. The number of fused-ring (bicyclic) bond motifs is 1. The van der Waals surface area contributed by atoms with Gasteiger partial charge in [-0.1, -0.05) is 39.8 Å². The molecule has 5 heteroatoms. The van der Waals surface area contributed by atoms with Crippen molar-refractivity contribution in [3.8, 4) is 0 Å². The first kappa shape index (κ1) is 20.2. The molecule has 1 aromatic heterocycles. The highest BCUT2D eigenvalue weighted by Gasteiger charge is 2.37. The van der Waals surface area contributed by atoms with Gasteiger partial charge >= 0.3 is 5.97 Å². The number of hydrogen-bond donors (Lipinski definition) is 2. The molecule has 0 radical (unpaired) electrons. The topological polar surface area (TPSA) is 79.5 Å². The van der Waals surface area contributed by atoms with E-state index < -0.39 is 18.4 Å². The second kappa shape index (κ2) is 7.12. The van der Waals surface area contributed by atoms with Crippen LogP contribution in [0.4, 0.5) is 0 Å². The van der Waals surface area contributed by atoms with Crippen LogP contribution in [0, 0.1) is 6.92 Å². The predicted molar refractivity (Wildman–Crippen MR) is 108 cm³/mol. The molecule has 0 spiro atoms. The highest BCUT2D eigenvalue weighted by Crippen LogP contribution is 2.46. The Labute approximate surface area is 166 Å². The summed E-state index contributed by atoms with van der Waals surface area (Å²) in [5.41, 5.74) is 5.55. The minimum Gasteiger partial charge on any atom is -0.480 e. The summed E-state index contributed by atoms with van der Waals surface area (Å²) in [7, 11) is 0. The molecule has 0 bridgehead atoms. The van der Waals surface area contributed by atoms with E-state index >= 15 is 0 Å². The van der Waals surface area contributed by atoms with Crippen molar-refractivity contribution < 1.29 is 19.1 Å². The lowest BCUT2D eigenvalue weighted by atomic mass is 9.62. The molecule has 1 aliphatic rings. The van der Waals surface area contributed by atoms with Crippen LogP contribution in [0.15, 0.2) is 28.7 Å². The van der Waals surface area contributed by atoms with E-state index in [1.54, 1.807) is 12.1 Å². The second-order valence-corrected chi connectivity index (χ2v) is 9.11. The highest BCUT2D eigenvalue weighted by atomic mass is 16.4. The third kappa shape index (κ3) is 3.98. The molecule has 1 aliphatic carbocycles. The molecule has 0 fully saturated rings. The average molecular weight is 383 g/mol. The molecule has 2 N–H and O–H groups in total. The smallest absolute Gasteiger partial charge is 0.322 e. The van der Waals surface area contributed by atoms with E-state index in [1.165, 1.54) is 28.7 Å². The first-order valence-electron chi connectivity index (χ1n) is 9.73. The molecule has 28 heavy (non-hydrogen) atoms. The lowest BCUT2D eigenvalue weighted by molar-refractivity contribution is -0.135. The van der Waals surface area contributed by atoms with Gasteiger partial charge in [0.25, 0.3) is 5.91 Å². The Morgan fingerprint density at radius 3 is 2.29 bits per heavy atom. The van der Waals surface area contributed by atoms with Crippen LogP contribution in [0.2, 0.25) is 0 Å². The number of nitrogens with one attached hydrogen (secondary N) is 1. The Balaban J connectivity index is 1.86. The van der Waals surface area contributed by atoms with Crippen molar-refractivity contribution in [3.63, 3.8) is 0 Å². The molecule has 0 unspecified atom stereocenters. The minimum atomic E-state index is -1.09. The molecule has 150 valence electrons. The zero-order valence-corrected chi connectivity index (χ0v) is 17.3. The predicted octanol–water partition coefficient (Wildman–Crippen LogP) is 4.34. The number of aliphatic carboxylic acids is 1. The van der Waals surface area contributed by atoms with Gasteiger partial charge in [0.05, 0.1) is 0 Å². The Bertz CT molecular complexity index is 921. The van der Waals surface area contributed by atoms with E-state index in [-0.39, 0.29) is 16.6 Å². The fourth-order valence-corrected chi connectivity index (χ4v) is 3.98. The molecule has 1 amide bonds. The number of hydrogen-bond acceptors (Lipinski definition) is 3. The fourth-order valence-electron chi connectivity index (χ4n) is 3.98. The molecule has 2 aromatic rings. The number of carboxylic acids is 1. The van der Waals surface area contributed by atoms with E-state index in [1.807, 2.05) is 0 Å². The largest absolute Gasteiger partial charge is 0.480 e. The van der Waals surface area contributed by atoms with Crippen molar-refractivity contribution in [2.24, 2.45) is 0 Å². The summed E-state index contributed by atoms with van der Waals surface area (Å²) in [6, 6.07) is 7.99. The summed E-state index contributed by atoms with van der Waals surface area (Å²) in [6.45, 7) is 10.9. The maximum absolute atomic E-state index is 12.0. The SMILES string of the molecule is Cc1cc2c(cc1Cc1ccc(C(=O)NCC(=O)O)o1)C(C)(C)CCC2(C)C. The number of aryl methyl sites for hydroxylation is 1. The Morgan fingerprint density at radius 2 is 1.68 bits per heavy atom. The Hall–Kier alpha value is -2.56. The summed E-state index contributed by atoms with van der Waals surface area (Å²) < 4.78 is 5.67. The summed E-state index contributed by atoms with van der Waals surface area (Å²) in [6.07, 6.45) is 2.94. The van der Waals surface area contributed by atoms with Gasteiger partial charge in [-0.2, -0.15) is 0 Å². The standard InChI is InChI=1S/C23H29NO4/c1-14-10-17-18(23(4,5)9-8-22(17,2)3)12-15(14)11-16-6-7-19(28-16)21(27)24-13-20(25)26/h6-7,10,12H,8-9,11,13H2,1-5H3,(H,24,27)(H,25,26). The molecule has 0 atom stereocenters. The van der Waals surface area contributed by atoms with E-state index in [2.05, 4.69) is 52.1 Å². The summed E-state index contributed by atoms with van der Waals surface area (Å²) in [5, 5.41) is 11.0. The summed E-state index contributed by atoms with van der Waals surface area (Å²) in [5.74, 6) is -0.779.